The summed E-state index contributed by atoms with van der Waals surface area (Å²) in [6, 6.07) is 16.8. The van der Waals surface area contributed by atoms with Gasteiger partial charge < -0.3 is 0 Å². The van der Waals surface area contributed by atoms with E-state index in [1.165, 1.54) is 17.6 Å². The summed E-state index contributed by atoms with van der Waals surface area (Å²) in [5.41, 5.74) is 2.62. The maximum atomic E-state index is 12.2. The Morgan fingerprint density at radius 3 is 2.35 bits per heavy atom. The van der Waals surface area contributed by atoms with Gasteiger partial charge in [0, 0.05) is 0 Å². The molecule has 0 saturated heterocycles. The second-order valence-electron chi connectivity index (χ2n) is 4.84. The van der Waals surface area contributed by atoms with Crippen molar-refractivity contribution in [3.05, 3.63) is 69.9 Å². The molecule has 2 aromatic carbocycles. The van der Waals surface area contributed by atoms with Crippen LogP contribution in [0.3, 0.4) is 0 Å². The van der Waals surface area contributed by atoms with E-state index >= 15 is 0 Å². The quantitative estimate of drug-likeness (QED) is 0.605. The minimum atomic E-state index is 0.181. The van der Waals surface area contributed by atoms with Crippen LogP contribution in [-0.4, -0.2) is 29.5 Å². The molecule has 0 radical (unpaired) electrons. The van der Waals surface area contributed by atoms with E-state index in [0.717, 1.165) is 10.9 Å². The van der Waals surface area contributed by atoms with E-state index in [-0.39, 0.29) is 20.4 Å². The molecule has 3 rings (SSSR count). The number of rotatable bonds is 2. The summed E-state index contributed by atoms with van der Waals surface area (Å²) in [5.74, 6) is 0. The molecular formula is C17H14OSe2. The summed E-state index contributed by atoms with van der Waals surface area (Å²) in [4.78, 5) is 12.2. The van der Waals surface area contributed by atoms with Crippen LogP contribution in [0, 0.1) is 13.8 Å². The van der Waals surface area contributed by atoms with Crippen molar-refractivity contribution < 1.29 is 0 Å². The van der Waals surface area contributed by atoms with E-state index in [1.54, 1.807) is 0 Å². The van der Waals surface area contributed by atoms with E-state index in [0.29, 0.717) is 14.5 Å². The zero-order valence-electron chi connectivity index (χ0n) is 11.3. The molecule has 0 aliphatic heterocycles. The molecule has 0 bridgehead atoms. The van der Waals surface area contributed by atoms with Crippen LogP contribution in [0.5, 0.6) is 0 Å². The molecule has 100 valence electrons. The molecule has 20 heavy (non-hydrogen) atoms. The van der Waals surface area contributed by atoms with Crippen molar-refractivity contribution >= 4 is 46.9 Å². The summed E-state index contributed by atoms with van der Waals surface area (Å²) in [6.07, 6.45) is 0. The summed E-state index contributed by atoms with van der Waals surface area (Å²) in [6.45, 7) is 4.14. The molecule has 1 nitrogen and oxygen atoms in total. The van der Waals surface area contributed by atoms with Gasteiger partial charge in [-0.2, -0.15) is 0 Å². The van der Waals surface area contributed by atoms with Gasteiger partial charge in [0.15, 0.2) is 0 Å². The predicted octanol–water partition coefficient (Wildman–Crippen LogP) is 1.53. The van der Waals surface area contributed by atoms with Crippen molar-refractivity contribution in [1.82, 2.24) is 0 Å². The summed E-state index contributed by atoms with van der Waals surface area (Å²) >= 11 is 0.563. The van der Waals surface area contributed by atoms with Gasteiger partial charge in [-0.1, -0.05) is 0 Å². The van der Waals surface area contributed by atoms with Gasteiger partial charge in [0.2, 0.25) is 0 Å². The van der Waals surface area contributed by atoms with Crippen LogP contribution in [0.25, 0.3) is 9.65 Å². The normalized spacial score (nSPS) is 10.9. The molecule has 3 heteroatoms. The van der Waals surface area contributed by atoms with E-state index in [9.17, 15) is 4.79 Å². The van der Waals surface area contributed by atoms with E-state index in [4.69, 9.17) is 0 Å². The summed E-state index contributed by atoms with van der Waals surface area (Å²) in [5, 5.41) is 0.911. The third-order valence-corrected chi connectivity index (χ3v) is 8.53. The summed E-state index contributed by atoms with van der Waals surface area (Å²) in [7, 11) is 0. The first-order chi connectivity index (χ1) is 9.61. The van der Waals surface area contributed by atoms with Gasteiger partial charge in [0.25, 0.3) is 0 Å². The van der Waals surface area contributed by atoms with Crippen molar-refractivity contribution in [3.63, 3.8) is 0 Å². The zero-order chi connectivity index (χ0) is 14.1. The molecule has 0 atom stereocenters. The minimum absolute atomic E-state index is 0.181. The molecular weight excluding hydrogens is 378 g/mol. The first kappa shape index (κ1) is 13.9. The Morgan fingerprint density at radius 1 is 0.900 bits per heavy atom. The Bertz CT molecular complexity index is 817. The molecule has 0 N–H and O–H groups in total. The number of fused-ring (bicyclic) bond motifs is 1. The maximum absolute atomic E-state index is 12.2. The Kier molecular flexibility index (Phi) is 3.96. The second-order valence-corrected chi connectivity index (χ2v) is 10.8. The fourth-order valence-electron chi connectivity index (χ4n) is 2.02. The fraction of sp³-hybridized carbons (Fsp3) is 0.118. The third kappa shape index (κ3) is 2.97. The topological polar surface area (TPSA) is 17.1 Å². The van der Waals surface area contributed by atoms with E-state index < -0.39 is 0 Å². The fourth-order valence-corrected chi connectivity index (χ4v) is 7.65. The molecule has 0 fully saturated rings. The molecule has 1 heterocycles. The zero-order valence-corrected chi connectivity index (χ0v) is 14.8. The average Bonchev–Trinajstić information content (AvgIpc) is 2.42. The monoisotopic (exact) mass is 394 g/mol. The van der Waals surface area contributed by atoms with Gasteiger partial charge in [0.1, 0.15) is 0 Å². The van der Waals surface area contributed by atoms with Crippen LogP contribution in [-0.2, 0) is 0 Å². The van der Waals surface area contributed by atoms with Gasteiger partial charge in [-0.15, -0.1) is 0 Å². The molecule has 0 spiro atoms. The number of hydrogen-bond acceptors (Lipinski definition) is 1. The third-order valence-electron chi connectivity index (χ3n) is 3.10. The van der Waals surface area contributed by atoms with Gasteiger partial charge in [-0.25, -0.2) is 0 Å². The Morgan fingerprint density at radius 2 is 1.60 bits per heavy atom. The SMILES string of the molecule is Cc1ccc([Se]c2cc(=O)c3cc(C)ccc3[se]2)cc1. The summed E-state index contributed by atoms with van der Waals surface area (Å²) < 4.78 is 3.91. The number of aryl methyl sites for hydroxylation is 2. The molecule has 0 aliphatic carbocycles. The predicted molar refractivity (Wildman–Crippen MR) is 88.1 cm³/mol. The van der Waals surface area contributed by atoms with Crippen molar-refractivity contribution in [2.24, 2.45) is 0 Å². The van der Waals surface area contributed by atoms with Crippen LogP contribution < -0.4 is 13.2 Å². The van der Waals surface area contributed by atoms with Gasteiger partial charge >= 0.3 is 131 Å². The van der Waals surface area contributed by atoms with E-state index in [2.05, 4.69) is 43.3 Å². The van der Waals surface area contributed by atoms with Crippen LogP contribution in [0.2, 0.25) is 0 Å². The first-order valence-corrected chi connectivity index (χ1v) is 9.83. The Hall–Kier alpha value is -1.11. The van der Waals surface area contributed by atoms with Crippen molar-refractivity contribution in [3.8, 4) is 0 Å². The van der Waals surface area contributed by atoms with Crippen LogP contribution in [0.15, 0.2) is 53.3 Å². The Balaban J connectivity index is 2.02. The van der Waals surface area contributed by atoms with Crippen LogP contribution in [0.1, 0.15) is 11.1 Å². The van der Waals surface area contributed by atoms with Crippen molar-refractivity contribution in [2.75, 3.05) is 0 Å². The van der Waals surface area contributed by atoms with E-state index in [1.807, 2.05) is 19.1 Å². The average molecular weight is 392 g/mol. The van der Waals surface area contributed by atoms with Crippen LogP contribution >= 0.6 is 0 Å². The first-order valence-electron chi connectivity index (χ1n) is 6.41. The van der Waals surface area contributed by atoms with Crippen molar-refractivity contribution in [1.29, 1.82) is 0 Å². The molecule has 0 unspecified atom stereocenters. The number of benzene rings is 2. The van der Waals surface area contributed by atoms with Gasteiger partial charge in [0.05, 0.1) is 0 Å². The molecule has 0 amide bonds. The van der Waals surface area contributed by atoms with Gasteiger partial charge in [-0.05, 0) is 0 Å². The molecule has 3 aromatic rings. The number of hydrogen-bond donors (Lipinski definition) is 0. The van der Waals surface area contributed by atoms with Crippen molar-refractivity contribution in [2.45, 2.75) is 13.8 Å². The second kappa shape index (κ2) is 5.71. The standard InChI is InChI=1S/C17H14OSe2/c1-11-3-6-13(7-4-11)19-17-10-15(18)14-9-12(2)5-8-16(14)20-17/h3-10H,1-2H3. The molecule has 0 aliphatic rings. The molecule has 1 aromatic heterocycles. The Labute approximate surface area is 130 Å². The molecule has 0 saturated carbocycles. The van der Waals surface area contributed by atoms with Crippen LogP contribution in [0.4, 0.5) is 0 Å². The van der Waals surface area contributed by atoms with Gasteiger partial charge in [-0.3, -0.25) is 0 Å².